The number of hydrogen-bond acceptors (Lipinski definition) is 17. The van der Waals surface area contributed by atoms with Crippen LogP contribution in [0.2, 0.25) is 0 Å². The number of thiazole rings is 1. The Morgan fingerprint density at radius 3 is 2.36 bits per heavy atom. The van der Waals surface area contributed by atoms with Crippen molar-refractivity contribution in [1.29, 1.82) is 0 Å². The number of carbonyl (C=O) groups excluding carboxylic acids is 4. The number of pyridine rings is 2. The lowest BCUT2D eigenvalue weighted by Gasteiger charge is -2.35. The van der Waals surface area contributed by atoms with Gasteiger partial charge >= 0.3 is 0 Å². The average molecular weight is 1110 g/mol. The number of aryl methyl sites for hydroxylation is 2. The molecule has 1 saturated carbocycles. The summed E-state index contributed by atoms with van der Waals surface area (Å²) >= 11 is 1.53. The number of aliphatic hydroxyl groups is 1. The maximum atomic E-state index is 14.3. The molecule has 21 heteroatoms. The molecule has 10 rings (SSSR count). The average Bonchev–Trinajstić information content (AvgIpc) is 4.41. The Labute approximate surface area is 469 Å². The van der Waals surface area contributed by atoms with E-state index in [4.69, 9.17) is 19.2 Å². The Bertz CT molecular complexity index is 3280. The van der Waals surface area contributed by atoms with Crippen molar-refractivity contribution in [3.8, 4) is 16.2 Å². The standard InChI is InChI=1S/C59H71N11O9S/c1-36(2)52(69-33-42-10-6-9-13-46(42)56(69)74)58(76)68-34-45(72)29-48(68)55(73)61-30-41-15-14-40(53-38(4)63-35-80-53)28-49(41)79-27-26-78-25-24-77-23-22-66-18-20-67(21-19-66)44-16-17-50(60-31-44)64-59-62-32-47-37(3)51(39(5)71)57(75)70(54(47)65-59)43-11-7-8-12-43/h6,9-10,13-17,28,31-32,35-36,43,45,48,52,72H,7-8,11-12,18-27,29-30,33-34H2,1-5H3,(H,61,73)(H,60,62,64,65). The molecule has 4 aliphatic rings. The lowest BCUT2D eigenvalue weighted by molar-refractivity contribution is -0.143. The van der Waals surface area contributed by atoms with E-state index in [1.165, 1.54) is 23.2 Å². The number of likely N-dealkylation sites (tertiary alicyclic amines) is 1. The lowest BCUT2D eigenvalue weighted by atomic mass is 10.0. The number of piperazine rings is 1. The fourth-order valence-corrected chi connectivity index (χ4v) is 12.4. The Kier molecular flexibility index (Phi) is 17.6. The van der Waals surface area contributed by atoms with Gasteiger partial charge in [-0.05, 0) is 80.5 Å². The highest BCUT2D eigenvalue weighted by Gasteiger charge is 2.46. The van der Waals surface area contributed by atoms with Crippen LogP contribution in [0.5, 0.6) is 5.75 Å². The molecule has 2 saturated heterocycles. The smallest absolute Gasteiger partial charge is 0.263 e. The highest BCUT2D eigenvalue weighted by Crippen LogP contribution is 2.35. The summed E-state index contributed by atoms with van der Waals surface area (Å²) in [7, 11) is 0. The number of rotatable bonds is 22. The number of aliphatic hydroxyl groups excluding tert-OH is 1. The Morgan fingerprint density at radius 1 is 0.887 bits per heavy atom. The van der Waals surface area contributed by atoms with Crippen LogP contribution < -0.4 is 25.8 Å². The van der Waals surface area contributed by atoms with Crippen LogP contribution in [0.3, 0.4) is 0 Å². The van der Waals surface area contributed by atoms with Gasteiger partial charge in [0.15, 0.2) is 5.78 Å². The van der Waals surface area contributed by atoms with Crippen LogP contribution in [-0.2, 0) is 32.2 Å². The monoisotopic (exact) mass is 1110 g/mol. The first-order chi connectivity index (χ1) is 38.7. The van der Waals surface area contributed by atoms with Gasteiger partial charge in [0.25, 0.3) is 11.5 Å². The minimum Gasteiger partial charge on any atom is -0.491 e. The van der Waals surface area contributed by atoms with Gasteiger partial charge in [0.2, 0.25) is 17.8 Å². The Balaban J connectivity index is 0.657. The lowest BCUT2D eigenvalue weighted by Crippen LogP contribution is -2.55. The highest BCUT2D eigenvalue weighted by atomic mass is 32.1. The second-order valence-electron chi connectivity index (χ2n) is 21.5. The van der Waals surface area contributed by atoms with Crippen molar-refractivity contribution in [2.24, 2.45) is 5.92 Å². The van der Waals surface area contributed by atoms with E-state index in [9.17, 15) is 29.1 Å². The number of ketones is 1. The summed E-state index contributed by atoms with van der Waals surface area (Å²) in [6, 6.07) is 15.4. The maximum absolute atomic E-state index is 14.3. The molecule has 2 aromatic carbocycles. The molecule has 3 amide bonds. The molecule has 3 atom stereocenters. The van der Waals surface area contributed by atoms with Crippen molar-refractivity contribution < 1.29 is 38.5 Å². The van der Waals surface area contributed by atoms with E-state index in [1.807, 2.05) is 75.5 Å². The molecule has 7 heterocycles. The van der Waals surface area contributed by atoms with Crippen molar-refractivity contribution in [2.75, 3.05) is 82.5 Å². The number of Topliss-reactive ketones (excluding diaryl/α,β-unsaturated/α-hetero) is 1. The van der Waals surface area contributed by atoms with E-state index in [2.05, 4.69) is 35.4 Å². The van der Waals surface area contributed by atoms with Crippen molar-refractivity contribution in [3.63, 3.8) is 0 Å². The van der Waals surface area contributed by atoms with E-state index < -0.39 is 24.1 Å². The van der Waals surface area contributed by atoms with Gasteiger partial charge < -0.3 is 44.7 Å². The summed E-state index contributed by atoms with van der Waals surface area (Å²) in [5.41, 5.74) is 7.89. The number of ether oxygens (including phenoxy) is 3. The Morgan fingerprint density at radius 2 is 1.65 bits per heavy atom. The van der Waals surface area contributed by atoms with Crippen LogP contribution in [0.25, 0.3) is 21.5 Å². The second-order valence-corrected chi connectivity index (χ2v) is 22.4. The largest absolute Gasteiger partial charge is 0.491 e. The van der Waals surface area contributed by atoms with Gasteiger partial charge in [0.1, 0.15) is 35.9 Å². The zero-order chi connectivity index (χ0) is 56.0. The van der Waals surface area contributed by atoms with Crippen LogP contribution >= 0.6 is 11.3 Å². The molecule has 3 aliphatic heterocycles. The Hall–Kier alpha value is -7.17. The number of amides is 3. The number of hydrogen-bond donors (Lipinski definition) is 3. The summed E-state index contributed by atoms with van der Waals surface area (Å²) in [6.07, 6.45) is 6.54. The fourth-order valence-electron chi connectivity index (χ4n) is 11.6. The van der Waals surface area contributed by atoms with Crippen LogP contribution in [0, 0.1) is 19.8 Å². The van der Waals surface area contributed by atoms with Gasteiger partial charge in [-0.25, -0.2) is 15.0 Å². The molecule has 6 aromatic rings. The third kappa shape index (κ3) is 12.3. The van der Waals surface area contributed by atoms with Crippen molar-refractivity contribution in [1.82, 2.24) is 44.5 Å². The highest BCUT2D eigenvalue weighted by molar-refractivity contribution is 7.13. The molecule has 3 unspecified atom stereocenters. The normalized spacial score (nSPS) is 18.1. The van der Waals surface area contributed by atoms with E-state index in [0.29, 0.717) is 72.6 Å². The number of β-amino-alcohol motifs (C(OH)–C–C–N with tert-alkyl or cyclic N) is 1. The third-order valence-corrected chi connectivity index (χ3v) is 16.8. The van der Waals surface area contributed by atoms with Gasteiger partial charge in [-0.2, -0.15) is 4.98 Å². The summed E-state index contributed by atoms with van der Waals surface area (Å²) < 4.78 is 19.9. The van der Waals surface area contributed by atoms with Crippen molar-refractivity contribution in [3.05, 3.63) is 116 Å². The molecule has 0 radical (unpaired) electrons. The van der Waals surface area contributed by atoms with Gasteiger partial charge in [0.05, 0.1) is 66.1 Å². The van der Waals surface area contributed by atoms with Gasteiger partial charge in [0, 0.05) is 87.5 Å². The molecule has 0 spiro atoms. The molecule has 0 bridgehead atoms. The first-order valence-electron chi connectivity index (χ1n) is 27.8. The molecular weight excluding hydrogens is 1040 g/mol. The van der Waals surface area contributed by atoms with Gasteiger partial charge in [-0.3, -0.25) is 33.4 Å². The number of anilines is 3. The molecule has 3 N–H and O–H groups in total. The van der Waals surface area contributed by atoms with Crippen molar-refractivity contribution in [2.45, 2.75) is 104 Å². The van der Waals surface area contributed by atoms with E-state index in [0.717, 1.165) is 91.4 Å². The SMILES string of the molecule is CC(=O)c1c(C)c2cnc(Nc3ccc(N4CCN(CCOCCOCCOc5cc(-c6scnc6C)ccc5CNC(=O)C5CC(O)CN5C(=O)C(C(C)C)N5Cc6ccccc6C5=O)CC4)cn3)nc2n(C2CCCC2)c1=O. The fraction of sp³-hybridized carbons (Fsp3) is 0.475. The van der Waals surface area contributed by atoms with Crippen molar-refractivity contribution >= 4 is 63.3 Å². The minimum atomic E-state index is -0.913. The summed E-state index contributed by atoms with van der Waals surface area (Å²) in [5, 5.41) is 17.7. The number of carbonyl (C=O) groups is 4. The third-order valence-electron chi connectivity index (χ3n) is 15.8. The van der Waals surface area contributed by atoms with Crippen LogP contribution in [0.15, 0.2) is 77.3 Å². The quantitative estimate of drug-likeness (QED) is 0.0488. The van der Waals surface area contributed by atoms with Gasteiger partial charge in [-0.15, -0.1) is 11.3 Å². The zero-order valence-corrected chi connectivity index (χ0v) is 47.0. The summed E-state index contributed by atoms with van der Waals surface area (Å²) in [5.74, 6) is 0.0529. The predicted molar refractivity (Wildman–Crippen MR) is 305 cm³/mol. The predicted octanol–water partition coefficient (Wildman–Crippen LogP) is 6.48. The number of fused-ring (bicyclic) bond motifs is 2. The van der Waals surface area contributed by atoms with Crippen LogP contribution in [0.1, 0.15) is 102 Å². The molecule has 4 aromatic heterocycles. The number of nitrogens with one attached hydrogen (secondary N) is 2. The number of benzene rings is 2. The summed E-state index contributed by atoms with van der Waals surface area (Å²) in [6.45, 7) is 15.6. The van der Waals surface area contributed by atoms with E-state index in [-0.39, 0.29) is 66.8 Å². The minimum absolute atomic E-state index is 0.00204. The maximum Gasteiger partial charge on any atom is 0.263 e. The number of aromatic nitrogens is 5. The molecule has 20 nitrogen and oxygen atoms in total. The molecular formula is C59H71N11O9S. The zero-order valence-electron chi connectivity index (χ0n) is 46.2. The second kappa shape index (κ2) is 25.1. The molecule has 80 heavy (non-hydrogen) atoms. The number of nitrogens with zero attached hydrogens (tertiary/aromatic N) is 9. The van der Waals surface area contributed by atoms with E-state index in [1.54, 1.807) is 34.2 Å². The van der Waals surface area contributed by atoms with Crippen LogP contribution in [-0.4, -0.2) is 158 Å². The van der Waals surface area contributed by atoms with Gasteiger partial charge in [-0.1, -0.05) is 57.0 Å². The molecule has 1 aliphatic carbocycles. The molecule has 3 fully saturated rings. The molecule has 422 valence electrons. The topological polar surface area (TPSA) is 227 Å². The van der Waals surface area contributed by atoms with E-state index >= 15 is 0 Å². The van der Waals surface area contributed by atoms with Crippen LogP contribution in [0.4, 0.5) is 17.5 Å². The first kappa shape index (κ1) is 56.1. The first-order valence-corrected chi connectivity index (χ1v) is 28.7. The summed E-state index contributed by atoms with van der Waals surface area (Å²) in [4.78, 5) is 95.0.